The highest BCUT2D eigenvalue weighted by Crippen LogP contribution is 2.37. The normalized spacial score (nSPS) is 25.8. The number of hydrogen-bond acceptors (Lipinski definition) is 5. The molecule has 3 fully saturated rings. The van der Waals surface area contributed by atoms with Crippen LogP contribution in [-0.4, -0.2) is 71.8 Å². The van der Waals surface area contributed by atoms with Gasteiger partial charge in [-0.3, -0.25) is 14.7 Å². The Kier molecular flexibility index (Phi) is 5.52. The minimum Gasteiger partial charge on any atom is -0.372 e. The Bertz CT molecular complexity index is 596. The third kappa shape index (κ3) is 4.24. The van der Waals surface area contributed by atoms with Crippen molar-refractivity contribution in [2.45, 2.75) is 50.4 Å². The van der Waals surface area contributed by atoms with E-state index < -0.39 is 0 Å². The molecule has 1 amide bonds. The number of carbonyl (C=O) groups is 1. The Morgan fingerprint density at radius 3 is 2.77 bits per heavy atom. The second-order valence-electron chi connectivity index (χ2n) is 7.82. The lowest BCUT2D eigenvalue weighted by molar-refractivity contribution is -0.137. The summed E-state index contributed by atoms with van der Waals surface area (Å²) in [6.45, 7) is 5.55. The minimum atomic E-state index is -0.0536. The summed E-state index contributed by atoms with van der Waals surface area (Å²) in [5.41, 5.74) is 1.07. The summed E-state index contributed by atoms with van der Waals surface area (Å²) in [4.78, 5) is 20.9. The Morgan fingerprint density at radius 1 is 1.23 bits per heavy atom. The number of pyridine rings is 1. The molecule has 0 bridgehead atoms. The van der Waals surface area contributed by atoms with E-state index in [1.54, 1.807) is 0 Å². The minimum absolute atomic E-state index is 0.0536. The van der Waals surface area contributed by atoms with Gasteiger partial charge in [0.25, 0.3) is 0 Å². The summed E-state index contributed by atoms with van der Waals surface area (Å²) < 4.78 is 12.0. The van der Waals surface area contributed by atoms with Gasteiger partial charge in [0.2, 0.25) is 5.91 Å². The van der Waals surface area contributed by atoms with Crippen LogP contribution in [0.5, 0.6) is 0 Å². The van der Waals surface area contributed by atoms with Gasteiger partial charge in [0.05, 0.1) is 24.0 Å². The molecular formula is C20H29N3O3. The van der Waals surface area contributed by atoms with Gasteiger partial charge < -0.3 is 14.4 Å². The molecule has 3 aliphatic rings. The molecule has 1 aromatic heterocycles. The van der Waals surface area contributed by atoms with E-state index in [4.69, 9.17) is 9.47 Å². The number of ether oxygens (including phenoxy) is 2. The summed E-state index contributed by atoms with van der Waals surface area (Å²) in [5.74, 6) is 0.133. The van der Waals surface area contributed by atoms with Crippen LogP contribution in [0.4, 0.5) is 0 Å². The van der Waals surface area contributed by atoms with Crippen LogP contribution in [-0.2, 0) is 20.8 Å². The summed E-state index contributed by atoms with van der Waals surface area (Å²) in [7, 11) is 0. The molecule has 3 aliphatic heterocycles. The SMILES string of the molecule is O=C(CO[C@H]1COC2(CCN(Cc3ccccn3)CC2)C1)N1CCCC1. The Labute approximate surface area is 155 Å². The average Bonchev–Trinajstić information content (AvgIpc) is 3.34. The molecule has 0 aromatic carbocycles. The second kappa shape index (κ2) is 8.03. The van der Waals surface area contributed by atoms with Crippen molar-refractivity contribution in [1.82, 2.24) is 14.8 Å². The largest absolute Gasteiger partial charge is 0.372 e. The van der Waals surface area contributed by atoms with Crippen LogP contribution in [0.2, 0.25) is 0 Å². The third-order valence-electron chi connectivity index (χ3n) is 5.96. The molecule has 1 spiro atoms. The number of hydrogen-bond donors (Lipinski definition) is 0. The van der Waals surface area contributed by atoms with Crippen LogP contribution in [0.3, 0.4) is 0 Å². The van der Waals surface area contributed by atoms with E-state index in [9.17, 15) is 4.79 Å². The maximum Gasteiger partial charge on any atom is 0.248 e. The number of piperidine rings is 1. The van der Waals surface area contributed by atoms with E-state index in [-0.39, 0.29) is 24.2 Å². The van der Waals surface area contributed by atoms with Crippen molar-refractivity contribution in [2.24, 2.45) is 0 Å². The van der Waals surface area contributed by atoms with E-state index in [0.717, 1.165) is 70.5 Å². The summed E-state index contributed by atoms with van der Waals surface area (Å²) in [6.07, 6.45) is 7.12. The average molecular weight is 359 g/mol. The van der Waals surface area contributed by atoms with Gasteiger partial charge >= 0.3 is 0 Å². The number of likely N-dealkylation sites (tertiary alicyclic amines) is 2. The van der Waals surface area contributed by atoms with Gasteiger partial charge in [0, 0.05) is 45.3 Å². The summed E-state index contributed by atoms with van der Waals surface area (Å²) in [6, 6.07) is 6.08. The van der Waals surface area contributed by atoms with Gasteiger partial charge in [-0.15, -0.1) is 0 Å². The maximum absolute atomic E-state index is 12.1. The lowest BCUT2D eigenvalue weighted by atomic mass is 9.88. The zero-order valence-electron chi connectivity index (χ0n) is 15.4. The fourth-order valence-electron chi connectivity index (χ4n) is 4.34. The van der Waals surface area contributed by atoms with Crippen LogP contribution in [0.1, 0.15) is 37.8 Å². The van der Waals surface area contributed by atoms with Crippen molar-refractivity contribution in [3.8, 4) is 0 Å². The highest BCUT2D eigenvalue weighted by atomic mass is 16.6. The zero-order valence-corrected chi connectivity index (χ0v) is 15.4. The molecule has 1 aromatic rings. The van der Waals surface area contributed by atoms with Crippen molar-refractivity contribution in [3.63, 3.8) is 0 Å². The molecule has 3 saturated heterocycles. The van der Waals surface area contributed by atoms with Crippen molar-refractivity contribution in [2.75, 3.05) is 39.4 Å². The van der Waals surface area contributed by atoms with E-state index in [1.807, 2.05) is 23.2 Å². The van der Waals surface area contributed by atoms with Gasteiger partial charge in [-0.1, -0.05) is 6.07 Å². The van der Waals surface area contributed by atoms with Gasteiger partial charge in [-0.05, 0) is 37.8 Å². The first-order valence-corrected chi connectivity index (χ1v) is 9.88. The van der Waals surface area contributed by atoms with Crippen molar-refractivity contribution >= 4 is 5.91 Å². The van der Waals surface area contributed by atoms with Gasteiger partial charge in [-0.2, -0.15) is 0 Å². The number of aromatic nitrogens is 1. The van der Waals surface area contributed by atoms with E-state index >= 15 is 0 Å². The number of carbonyl (C=O) groups excluding carboxylic acids is 1. The predicted octanol–water partition coefficient (Wildman–Crippen LogP) is 1.84. The summed E-state index contributed by atoms with van der Waals surface area (Å²) >= 11 is 0. The molecular weight excluding hydrogens is 330 g/mol. The molecule has 0 radical (unpaired) electrons. The molecule has 142 valence electrons. The molecule has 6 heteroatoms. The highest BCUT2D eigenvalue weighted by Gasteiger charge is 2.43. The molecule has 4 rings (SSSR count). The molecule has 0 unspecified atom stereocenters. The summed E-state index contributed by atoms with van der Waals surface area (Å²) in [5, 5.41) is 0. The fourth-order valence-corrected chi connectivity index (χ4v) is 4.34. The first kappa shape index (κ1) is 17.9. The van der Waals surface area contributed by atoms with Crippen molar-refractivity contribution in [3.05, 3.63) is 30.1 Å². The van der Waals surface area contributed by atoms with Crippen LogP contribution in [0.15, 0.2) is 24.4 Å². The van der Waals surface area contributed by atoms with Gasteiger partial charge in [0.15, 0.2) is 0 Å². The third-order valence-corrected chi connectivity index (χ3v) is 5.96. The van der Waals surface area contributed by atoms with Crippen molar-refractivity contribution < 1.29 is 14.3 Å². The monoisotopic (exact) mass is 359 g/mol. The fraction of sp³-hybridized carbons (Fsp3) is 0.700. The quantitative estimate of drug-likeness (QED) is 0.803. The van der Waals surface area contributed by atoms with Gasteiger partial charge in [0.1, 0.15) is 6.61 Å². The number of nitrogens with zero attached hydrogens (tertiary/aromatic N) is 3. The van der Waals surface area contributed by atoms with Gasteiger partial charge in [-0.25, -0.2) is 0 Å². The molecule has 1 atom stereocenters. The van der Waals surface area contributed by atoms with E-state index in [0.29, 0.717) is 6.61 Å². The molecule has 6 nitrogen and oxygen atoms in total. The zero-order chi connectivity index (χ0) is 17.8. The van der Waals surface area contributed by atoms with Crippen LogP contribution < -0.4 is 0 Å². The Morgan fingerprint density at radius 2 is 2.04 bits per heavy atom. The standard InChI is InChI=1S/C20H29N3O3/c24-19(23-9-3-4-10-23)16-25-18-13-20(26-15-18)6-11-22(12-7-20)14-17-5-1-2-8-21-17/h1-2,5,8,18H,3-4,6-7,9-16H2/t18-/m1/s1. The predicted molar refractivity (Wildman–Crippen MR) is 97.6 cm³/mol. The molecule has 0 aliphatic carbocycles. The lowest BCUT2D eigenvalue weighted by Gasteiger charge is -2.38. The van der Waals surface area contributed by atoms with E-state index in [1.165, 1.54) is 0 Å². The first-order chi connectivity index (χ1) is 12.7. The Balaban J connectivity index is 1.20. The van der Waals surface area contributed by atoms with Crippen LogP contribution in [0.25, 0.3) is 0 Å². The molecule has 26 heavy (non-hydrogen) atoms. The maximum atomic E-state index is 12.1. The lowest BCUT2D eigenvalue weighted by Crippen LogP contribution is -2.44. The molecule has 0 saturated carbocycles. The second-order valence-corrected chi connectivity index (χ2v) is 7.82. The van der Waals surface area contributed by atoms with E-state index in [2.05, 4.69) is 16.0 Å². The topological polar surface area (TPSA) is 54.9 Å². The van der Waals surface area contributed by atoms with Crippen LogP contribution >= 0.6 is 0 Å². The molecule has 4 heterocycles. The van der Waals surface area contributed by atoms with Crippen LogP contribution in [0, 0.1) is 0 Å². The molecule has 0 N–H and O–H groups in total. The van der Waals surface area contributed by atoms with Crippen molar-refractivity contribution in [1.29, 1.82) is 0 Å². The Hall–Kier alpha value is -1.50. The number of rotatable bonds is 5. The number of amides is 1. The first-order valence-electron chi connectivity index (χ1n) is 9.88. The highest BCUT2D eigenvalue weighted by molar-refractivity contribution is 5.77. The smallest absolute Gasteiger partial charge is 0.248 e.